The van der Waals surface area contributed by atoms with E-state index in [2.05, 4.69) is 16.8 Å². The van der Waals surface area contributed by atoms with Crippen LogP contribution in [0.15, 0.2) is 12.3 Å². The van der Waals surface area contributed by atoms with Gasteiger partial charge in [-0.15, -0.1) is 0 Å². The Morgan fingerprint density at radius 1 is 1.62 bits per heavy atom. The standard InChI is InChI=1S/C12H14N2O2/c1-3-16-12(15)6-4-5-10-7-11(13)9(2)14-8-10/h7-8H,3,6,13H2,1-2H3. The first kappa shape index (κ1) is 12.1. The predicted molar refractivity (Wildman–Crippen MR) is 61.5 cm³/mol. The van der Waals surface area contributed by atoms with E-state index in [1.54, 1.807) is 19.2 Å². The van der Waals surface area contributed by atoms with Crippen molar-refractivity contribution in [2.45, 2.75) is 20.3 Å². The third-order valence-corrected chi connectivity index (χ3v) is 1.90. The molecule has 0 radical (unpaired) electrons. The molecule has 0 saturated carbocycles. The topological polar surface area (TPSA) is 65.2 Å². The number of hydrogen-bond acceptors (Lipinski definition) is 4. The molecule has 0 amide bonds. The lowest BCUT2D eigenvalue weighted by Gasteiger charge is -1.98. The Kier molecular flexibility index (Phi) is 4.34. The van der Waals surface area contributed by atoms with Crippen LogP contribution in [-0.2, 0) is 9.53 Å². The van der Waals surface area contributed by atoms with E-state index in [1.165, 1.54) is 0 Å². The number of nitrogen functional groups attached to an aromatic ring is 1. The number of esters is 1. The average Bonchev–Trinajstić information content (AvgIpc) is 2.24. The first-order valence-corrected chi connectivity index (χ1v) is 5.00. The van der Waals surface area contributed by atoms with Gasteiger partial charge >= 0.3 is 5.97 Å². The summed E-state index contributed by atoms with van der Waals surface area (Å²) in [5.74, 6) is 5.20. The van der Waals surface area contributed by atoms with Crippen LogP contribution in [0.4, 0.5) is 5.69 Å². The first-order chi connectivity index (χ1) is 7.63. The third kappa shape index (κ3) is 3.62. The number of carbonyl (C=O) groups excluding carboxylic acids is 1. The summed E-state index contributed by atoms with van der Waals surface area (Å²) in [6.45, 7) is 3.96. The van der Waals surface area contributed by atoms with Crippen LogP contribution in [0.2, 0.25) is 0 Å². The van der Waals surface area contributed by atoms with Gasteiger partial charge in [-0.2, -0.15) is 0 Å². The van der Waals surface area contributed by atoms with Gasteiger partial charge in [-0.05, 0) is 19.9 Å². The minimum absolute atomic E-state index is 0.0849. The van der Waals surface area contributed by atoms with Crippen LogP contribution in [0.5, 0.6) is 0 Å². The van der Waals surface area contributed by atoms with Gasteiger partial charge in [0.25, 0.3) is 0 Å². The van der Waals surface area contributed by atoms with Crippen LogP contribution in [0.1, 0.15) is 24.6 Å². The van der Waals surface area contributed by atoms with E-state index >= 15 is 0 Å². The molecule has 4 nitrogen and oxygen atoms in total. The van der Waals surface area contributed by atoms with Crippen molar-refractivity contribution in [3.05, 3.63) is 23.5 Å². The second kappa shape index (κ2) is 5.76. The zero-order valence-electron chi connectivity index (χ0n) is 9.41. The Morgan fingerprint density at radius 3 is 3.00 bits per heavy atom. The molecule has 0 aliphatic carbocycles. The Labute approximate surface area is 94.8 Å². The van der Waals surface area contributed by atoms with Crippen LogP contribution in [-0.4, -0.2) is 17.6 Å². The molecule has 1 aromatic rings. The fraction of sp³-hybridized carbons (Fsp3) is 0.333. The molecule has 0 aliphatic rings. The van der Waals surface area contributed by atoms with Crippen molar-refractivity contribution < 1.29 is 9.53 Å². The molecule has 2 N–H and O–H groups in total. The molecule has 1 heterocycles. The molecule has 0 atom stereocenters. The van der Waals surface area contributed by atoms with E-state index in [9.17, 15) is 4.79 Å². The third-order valence-electron chi connectivity index (χ3n) is 1.90. The number of anilines is 1. The molecule has 0 aromatic carbocycles. The van der Waals surface area contributed by atoms with E-state index < -0.39 is 0 Å². The lowest BCUT2D eigenvalue weighted by atomic mass is 10.2. The Morgan fingerprint density at radius 2 is 2.38 bits per heavy atom. The molecule has 16 heavy (non-hydrogen) atoms. The number of nitrogens with two attached hydrogens (primary N) is 1. The van der Waals surface area contributed by atoms with Crippen molar-refractivity contribution in [1.29, 1.82) is 0 Å². The molecule has 0 fully saturated rings. The molecule has 0 bridgehead atoms. The van der Waals surface area contributed by atoms with Crippen molar-refractivity contribution in [3.8, 4) is 11.8 Å². The van der Waals surface area contributed by atoms with E-state index in [4.69, 9.17) is 10.5 Å². The largest absolute Gasteiger partial charge is 0.465 e. The number of ether oxygens (including phenoxy) is 1. The van der Waals surface area contributed by atoms with Crippen LogP contribution in [0, 0.1) is 18.8 Å². The second-order valence-electron chi connectivity index (χ2n) is 3.18. The van der Waals surface area contributed by atoms with Gasteiger partial charge in [0.2, 0.25) is 0 Å². The monoisotopic (exact) mass is 218 g/mol. The van der Waals surface area contributed by atoms with Crippen molar-refractivity contribution in [1.82, 2.24) is 4.98 Å². The Balaban J connectivity index is 2.63. The van der Waals surface area contributed by atoms with Gasteiger partial charge in [-0.3, -0.25) is 9.78 Å². The van der Waals surface area contributed by atoms with Gasteiger partial charge in [0, 0.05) is 11.8 Å². The van der Waals surface area contributed by atoms with Gasteiger partial charge in [-0.25, -0.2) is 0 Å². The van der Waals surface area contributed by atoms with Gasteiger partial charge < -0.3 is 10.5 Å². The smallest absolute Gasteiger partial charge is 0.317 e. The summed E-state index contributed by atoms with van der Waals surface area (Å²) < 4.78 is 4.74. The highest BCUT2D eigenvalue weighted by Gasteiger charge is 1.97. The molecular weight excluding hydrogens is 204 g/mol. The Bertz CT molecular complexity index is 444. The van der Waals surface area contributed by atoms with Crippen LogP contribution >= 0.6 is 0 Å². The highest BCUT2D eigenvalue weighted by atomic mass is 16.5. The number of aryl methyl sites for hydroxylation is 1. The van der Waals surface area contributed by atoms with Gasteiger partial charge in [0.1, 0.15) is 6.42 Å². The van der Waals surface area contributed by atoms with Crippen LogP contribution in [0.3, 0.4) is 0 Å². The van der Waals surface area contributed by atoms with Crippen molar-refractivity contribution >= 4 is 11.7 Å². The van der Waals surface area contributed by atoms with Gasteiger partial charge in [0.05, 0.1) is 18.0 Å². The molecule has 84 valence electrons. The van der Waals surface area contributed by atoms with Gasteiger partial charge in [-0.1, -0.05) is 11.8 Å². The molecule has 0 unspecified atom stereocenters. The van der Waals surface area contributed by atoms with Crippen molar-refractivity contribution in [2.24, 2.45) is 0 Å². The summed E-state index contributed by atoms with van der Waals surface area (Å²) >= 11 is 0. The predicted octanol–water partition coefficient (Wildman–Crippen LogP) is 1.28. The maximum atomic E-state index is 11.0. The quantitative estimate of drug-likeness (QED) is 0.599. The summed E-state index contributed by atoms with van der Waals surface area (Å²) in [4.78, 5) is 15.1. The first-order valence-electron chi connectivity index (χ1n) is 5.00. The SMILES string of the molecule is CCOC(=O)CC#Cc1cnc(C)c(N)c1. The minimum Gasteiger partial charge on any atom is -0.465 e. The molecule has 1 rings (SSSR count). The normalized spacial score (nSPS) is 9.12. The fourth-order valence-corrected chi connectivity index (χ4v) is 1.05. The van der Waals surface area contributed by atoms with E-state index in [1.807, 2.05) is 6.92 Å². The zero-order chi connectivity index (χ0) is 12.0. The number of carbonyl (C=O) groups is 1. The van der Waals surface area contributed by atoms with Gasteiger partial charge in [0.15, 0.2) is 0 Å². The van der Waals surface area contributed by atoms with Crippen LogP contribution in [0.25, 0.3) is 0 Å². The highest BCUT2D eigenvalue weighted by molar-refractivity contribution is 5.72. The lowest BCUT2D eigenvalue weighted by Crippen LogP contribution is -2.01. The zero-order valence-corrected chi connectivity index (χ0v) is 9.41. The summed E-state index contributed by atoms with van der Waals surface area (Å²) in [5.41, 5.74) is 7.75. The molecule has 4 heteroatoms. The molecule has 0 aliphatic heterocycles. The number of hydrogen-bond donors (Lipinski definition) is 1. The lowest BCUT2D eigenvalue weighted by molar-refractivity contribution is -0.141. The second-order valence-corrected chi connectivity index (χ2v) is 3.18. The fourth-order valence-electron chi connectivity index (χ4n) is 1.05. The molecule has 1 aromatic heterocycles. The number of rotatable bonds is 2. The summed E-state index contributed by atoms with van der Waals surface area (Å²) in [5, 5.41) is 0. The molecule has 0 spiro atoms. The molecular formula is C12H14N2O2. The maximum Gasteiger partial charge on any atom is 0.317 e. The van der Waals surface area contributed by atoms with Crippen molar-refractivity contribution in [3.63, 3.8) is 0 Å². The van der Waals surface area contributed by atoms with E-state index in [0.29, 0.717) is 17.9 Å². The van der Waals surface area contributed by atoms with Crippen LogP contribution < -0.4 is 5.73 Å². The summed E-state index contributed by atoms with van der Waals surface area (Å²) in [6, 6.07) is 1.74. The summed E-state index contributed by atoms with van der Waals surface area (Å²) in [6.07, 6.45) is 1.71. The van der Waals surface area contributed by atoms with Crippen molar-refractivity contribution in [2.75, 3.05) is 12.3 Å². The maximum absolute atomic E-state index is 11.0. The minimum atomic E-state index is -0.317. The number of pyridine rings is 1. The van der Waals surface area contributed by atoms with E-state index in [-0.39, 0.29) is 12.4 Å². The number of aromatic nitrogens is 1. The number of nitrogens with zero attached hydrogens (tertiary/aromatic N) is 1. The highest BCUT2D eigenvalue weighted by Crippen LogP contribution is 2.08. The summed E-state index contributed by atoms with van der Waals surface area (Å²) in [7, 11) is 0. The Hall–Kier alpha value is -2.02. The molecule has 0 saturated heterocycles. The van der Waals surface area contributed by atoms with E-state index in [0.717, 1.165) is 5.69 Å². The average molecular weight is 218 g/mol.